The van der Waals surface area contributed by atoms with Gasteiger partial charge < -0.3 is 11.1 Å². The third-order valence-electron chi connectivity index (χ3n) is 3.11. The fraction of sp³-hybridized carbons (Fsp3) is 0.188. The Hall–Kier alpha value is -2.36. The van der Waals surface area contributed by atoms with E-state index in [0.29, 0.717) is 24.1 Å². The van der Waals surface area contributed by atoms with Crippen molar-refractivity contribution in [1.82, 2.24) is 5.32 Å². The van der Waals surface area contributed by atoms with Gasteiger partial charge in [-0.15, -0.1) is 0 Å². The summed E-state index contributed by atoms with van der Waals surface area (Å²) < 4.78 is 13.4. The van der Waals surface area contributed by atoms with E-state index in [-0.39, 0.29) is 18.3 Å². The molecule has 0 atom stereocenters. The van der Waals surface area contributed by atoms with Crippen LogP contribution in [0.15, 0.2) is 48.5 Å². The number of nitrogens with two attached hydrogens (primary N) is 1. The largest absolute Gasteiger partial charge is 0.399 e. The summed E-state index contributed by atoms with van der Waals surface area (Å²) in [5.41, 5.74) is 7.94. The first-order chi connectivity index (χ1) is 9.66. The maximum absolute atomic E-state index is 13.4. The quantitative estimate of drug-likeness (QED) is 0.822. The van der Waals surface area contributed by atoms with E-state index in [2.05, 4.69) is 5.32 Å². The number of hydrogen-bond donors (Lipinski definition) is 2. The Bertz CT molecular complexity index is 547. The molecular formula is C16H17FN2O. The van der Waals surface area contributed by atoms with Crippen molar-refractivity contribution in [3.05, 3.63) is 65.5 Å². The lowest BCUT2D eigenvalue weighted by Gasteiger charge is -2.07. The number of anilines is 1. The standard InChI is InChI=1S/C16H17FN2O/c17-14-7-3-1-6-13(14)11-19-16(20)10-9-12-5-2-4-8-15(12)18/h1-8H,9-11,18H2,(H,19,20). The molecule has 3 nitrogen and oxygen atoms in total. The maximum Gasteiger partial charge on any atom is 0.220 e. The number of rotatable bonds is 5. The number of carbonyl (C=O) groups excluding carboxylic acids is 1. The number of amides is 1. The molecule has 20 heavy (non-hydrogen) atoms. The highest BCUT2D eigenvalue weighted by Crippen LogP contribution is 2.12. The van der Waals surface area contributed by atoms with Crippen LogP contribution in [0.3, 0.4) is 0 Å². The normalized spacial score (nSPS) is 10.2. The lowest BCUT2D eigenvalue weighted by Crippen LogP contribution is -2.23. The summed E-state index contributed by atoms with van der Waals surface area (Å²) >= 11 is 0. The van der Waals surface area contributed by atoms with E-state index in [9.17, 15) is 9.18 Å². The lowest BCUT2D eigenvalue weighted by molar-refractivity contribution is -0.121. The predicted molar refractivity (Wildman–Crippen MR) is 77.4 cm³/mol. The summed E-state index contributed by atoms with van der Waals surface area (Å²) in [4.78, 5) is 11.7. The van der Waals surface area contributed by atoms with E-state index >= 15 is 0 Å². The zero-order valence-electron chi connectivity index (χ0n) is 11.1. The van der Waals surface area contributed by atoms with Crippen molar-refractivity contribution < 1.29 is 9.18 Å². The molecule has 0 aromatic heterocycles. The summed E-state index contributed by atoms with van der Waals surface area (Å²) in [6.45, 7) is 0.204. The highest BCUT2D eigenvalue weighted by molar-refractivity contribution is 5.76. The van der Waals surface area contributed by atoms with Gasteiger partial charge in [0.15, 0.2) is 0 Å². The van der Waals surface area contributed by atoms with Crippen LogP contribution in [0.1, 0.15) is 17.5 Å². The van der Waals surface area contributed by atoms with E-state index in [1.54, 1.807) is 18.2 Å². The molecule has 0 radical (unpaired) electrons. The minimum Gasteiger partial charge on any atom is -0.399 e. The van der Waals surface area contributed by atoms with Crippen LogP contribution in [0.2, 0.25) is 0 Å². The molecule has 0 heterocycles. The molecule has 2 aromatic rings. The molecular weight excluding hydrogens is 255 g/mol. The summed E-state index contributed by atoms with van der Waals surface area (Å²) in [7, 11) is 0. The van der Waals surface area contributed by atoms with Gasteiger partial charge >= 0.3 is 0 Å². The van der Waals surface area contributed by atoms with Crippen LogP contribution in [0, 0.1) is 5.82 Å². The van der Waals surface area contributed by atoms with Crippen molar-refractivity contribution in [2.45, 2.75) is 19.4 Å². The van der Waals surface area contributed by atoms with Gasteiger partial charge in [0.1, 0.15) is 5.82 Å². The van der Waals surface area contributed by atoms with Crippen LogP contribution in [-0.2, 0) is 17.8 Å². The molecule has 2 aromatic carbocycles. The molecule has 104 valence electrons. The van der Waals surface area contributed by atoms with E-state index in [1.807, 2.05) is 24.3 Å². The van der Waals surface area contributed by atoms with Crippen molar-refractivity contribution in [3.8, 4) is 0 Å². The number of hydrogen-bond acceptors (Lipinski definition) is 2. The van der Waals surface area contributed by atoms with Crippen LogP contribution in [0.5, 0.6) is 0 Å². The zero-order valence-corrected chi connectivity index (χ0v) is 11.1. The van der Waals surface area contributed by atoms with Crippen LogP contribution >= 0.6 is 0 Å². The van der Waals surface area contributed by atoms with Gasteiger partial charge in [-0.1, -0.05) is 36.4 Å². The Morgan fingerprint density at radius 3 is 2.40 bits per heavy atom. The Balaban J connectivity index is 1.82. The van der Waals surface area contributed by atoms with Gasteiger partial charge in [0, 0.05) is 24.2 Å². The Labute approximate surface area is 117 Å². The van der Waals surface area contributed by atoms with E-state index < -0.39 is 0 Å². The van der Waals surface area contributed by atoms with E-state index in [0.717, 1.165) is 5.56 Å². The summed E-state index contributed by atoms with van der Waals surface area (Å²) in [5.74, 6) is -0.420. The van der Waals surface area contributed by atoms with Crippen LogP contribution in [0.4, 0.5) is 10.1 Å². The summed E-state index contributed by atoms with van der Waals surface area (Å²) in [6, 6.07) is 13.9. The number of nitrogens with one attached hydrogen (secondary N) is 1. The average molecular weight is 272 g/mol. The molecule has 0 fully saturated rings. The first-order valence-electron chi connectivity index (χ1n) is 6.50. The van der Waals surface area contributed by atoms with Gasteiger partial charge in [0.05, 0.1) is 0 Å². The van der Waals surface area contributed by atoms with Crippen LogP contribution < -0.4 is 11.1 Å². The number of nitrogen functional groups attached to an aromatic ring is 1. The Morgan fingerprint density at radius 1 is 1.05 bits per heavy atom. The fourth-order valence-electron chi connectivity index (χ4n) is 1.93. The Kier molecular flexibility index (Phi) is 4.71. The number of carbonyl (C=O) groups is 1. The topological polar surface area (TPSA) is 55.1 Å². The van der Waals surface area contributed by atoms with E-state index in [1.165, 1.54) is 6.07 Å². The van der Waals surface area contributed by atoms with Gasteiger partial charge in [-0.2, -0.15) is 0 Å². The molecule has 0 aliphatic rings. The van der Waals surface area contributed by atoms with Crippen molar-refractivity contribution in [2.24, 2.45) is 0 Å². The second-order valence-electron chi connectivity index (χ2n) is 4.57. The second kappa shape index (κ2) is 6.70. The molecule has 3 N–H and O–H groups in total. The minimum atomic E-state index is -0.305. The highest BCUT2D eigenvalue weighted by atomic mass is 19.1. The third kappa shape index (κ3) is 3.82. The molecule has 0 saturated heterocycles. The van der Waals surface area contributed by atoms with E-state index in [4.69, 9.17) is 5.73 Å². The summed E-state index contributed by atoms with van der Waals surface area (Å²) in [6.07, 6.45) is 0.915. The molecule has 0 saturated carbocycles. The molecule has 0 bridgehead atoms. The number of para-hydroxylation sites is 1. The lowest BCUT2D eigenvalue weighted by atomic mass is 10.1. The minimum absolute atomic E-state index is 0.114. The van der Waals surface area contributed by atoms with Gasteiger partial charge in [0.2, 0.25) is 5.91 Å². The van der Waals surface area contributed by atoms with Crippen LogP contribution in [0.25, 0.3) is 0 Å². The second-order valence-corrected chi connectivity index (χ2v) is 4.57. The molecule has 0 unspecified atom stereocenters. The number of aryl methyl sites for hydroxylation is 1. The Morgan fingerprint density at radius 2 is 1.70 bits per heavy atom. The van der Waals surface area contributed by atoms with Crippen molar-refractivity contribution in [1.29, 1.82) is 0 Å². The number of halogens is 1. The van der Waals surface area contributed by atoms with Gasteiger partial charge in [-0.3, -0.25) is 4.79 Å². The van der Waals surface area contributed by atoms with Crippen molar-refractivity contribution >= 4 is 11.6 Å². The average Bonchev–Trinajstić information content (AvgIpc) is 2.45. The van der Waals surface area contributed by atoms with Gasteiger partial charge in [0.25, 0.3) is 0 Å². The first-order valence-corrected chi connectivity index (χ1v) is 6.50. The summed E-state index contributed by atoms with van der Waals surface area (Å²) in [5, 5.41) is 2.71. The molecule has 1 amide bonds. The molecule has 0 spiro atoms. The molecule has 2 rings (SSSR count). The fourth-order valence-corrected chi connectivity index (χ4v) is 1.93. The van der Waals surface area contributed by atoms with Crippen molar-refractivity contribution in [3.63, 3.8) is 0 Å². The smallest absolute Gasteiger partial charge is 0.220 e. The van der Waals surface area contributed by atoms with Gasteiger partial charge in [-0.25, -0.2) is 4.39 Å². The number of benzene rings is 2. The van der Waals surface area contributed by atoms with Crippen LogP contribution in [-0.4, -0.2) is 5.91 Å². The predicted octanol–water partition coefficient (Wildman–Crippen LogP) is 2.66. The maximum atomic E-state index is 13.4. The third-order valence-corrected chi connectivity index (χ3v) is 3.11. The van der Waals surface area contributed by atoms with Gasteiger partial charge in [-0.05, 0) is 24.1 Å². The molecule has 0 aliphatic heterocycles. The SMILES string of the molecule is Nc1ccccc1CCC(=O)NCc1ccccc1F. The molecule has 4 heteroatoms. The zero-order chi connectivity index (χ0) is 14.4. The van der Waals surface area contributed by atoms with Crippen molar-refractivity contribution in [2.75, 3.05) is 5.73 Å². The molecule has 0 aliphatic carbocycles. The highest BCUT2D eigenvalue weighted by Gasteiger charge is 2.06. The first kappa shape index (κ1) is 14.1. The monoisotopic (exact) mass is 272 g/mol.